The highest BCUT2D eigenvalue weighted by molar-refractivity contribution is 6.04. The summed E-state index contributed by atoms with van der Waals surface area (Å²) in [4.78, 5) is 14.4. The van der Waals surface area contributed by atoms with E-state index in [9.17, 15) is 4.79 Å². The molecule has 0 fully saturated rings. The summed E-state index contributed by atoms with van der Waals surface area (Å²) in [6, 6.07) is 17.4. The van der Waals surface area contributed by atoms with E-state index < -0.39 is 0 Å². The molecule has 0 atom stereocenters. The van der Waals surface area contributed by atoms with Gasteiger partial charge in [0.15, 0.2) is 6.61 Å². The number of carbonyl (C=O) groups excluding carboxylic acids is 1. The first kappa shape index (κ1) is 16.1. The fourth-order valence-electron chi connectivity index (χ4n) is 2.68. The number of ether oxygens (including phenoxy) is 1. The minimum atomic E-state index is -0.176. The minimum Gasteiger partial charge on any atom is -0.466 e. The van der Waals surface area contributed by atoms with Gasteiger partial charge in [-0.1, -0.05) is 18.2 Å². The molecule has 0 N–H and O–H groups in total. The molecule has 0 saturated carbocycles. The van der Waals surface area contributed by atoms with Gasteiger partial charge in [0.1, 0.15) is 0 Å². The number of amides is 1. The standard InChI is InChI=1S/C19H21N3O2/c1-3-21(4-2)16-12-10-15(11-13-16)19-20-22(18(23)14-24-19)17-8-6-5-7-9-17/h5-13H,3-4,14H2,1-2H3. The monoisotopic (exact) mass is 323 g/mol. The Bertz CT molecular complexity index is 722. The van der Waals surface area contributed by atoms with Gasteiger partial charge in [-0.25, -0.2) is 0 Å². The van der Waals surface area contributed by atoms with E-state index in [1.54, 1.807) is 0 Å². The Labute approximate surface area is 142 Å². The molecule has 0 radical (unpaired) electrons. The molecule has 3 rings (SSSR count). The first-order valence-corrected chi connectivity index (χ1v) is 8.17. The number of hydrazone groups is 1. The van der Waals surface area contributed by atoms with Crippen molar-refractivity contribution in [3.8, 4) is 0 Å². The van der Waals surface area contributed by atoms with Crippen molar-refractivity contribution in [2.75, 3.05) is 29.6 Å². The summed E-state index contributed by atoms with van der Waals surface area (Å²) in [5.41, 5.74) is 2.76. The molecule has 2 aromatic carbocycles. The summed E-state index contributed by atoms with van der Waals surface area (Å²) in [6.07, 6.45) is 0. The van der Waals surface area contributed by atoms with Crippen molar-refractivity contribution in [2.45, 2.75) is 13.8 Å². The lowest BCUT2D eigenvalue weighted by molar-refractivity contribution is -0.121. The molecule has 24 heavy (non-hydrogen) atoms. The Kier molecular flexibility index (Phi) is 4.79. The van der Waals surface area contributed by atoms with Crippen molar-refractivity contribution in [3.63, 3.8) is 0 Å². The Hall–Kier alpha value is -2.82. The second-order valence-electron chi connectivity index (χ2n) is 5.45. The molecule has 0 bridgehead atoms. The van der Waals surface area contributed by atoms with E-state index in [2.05, 4.69) is 36.0 Å². The predicted molar refractivity (Wildman–Crippen MR) is 96.4 cm³/mol. The third kappa shape index (κ3) is 3.25. The number of carbonyl (C=O) groups is 1. The number of nitrogens with zero attached hydrogens (tertiary/aromatic N) is 3. The zero-order chi connectivity index (χ0) is 16.9. The molecule has 1 aliphatic heterocycles. The number of hydrogen-bond donors (Lipinski definition) is 0. The van der Waals surface area contributed by atoms with Crippen LogP contribution in [-0.4, -0.2) is 31.5 Å². The lowest BCUT2D eigenvalue weighted by Gasteiger charge is -2.24. The molecular formula is C19H21N3O2. The topological polar surface area (TPSA) is 45.1 Å². The molecule has 124 valence electrons. The van der Waals surface area contributed by atoms with Gasteiger partial charge < -0.3 is 9.64 Å². The average molecular weight is 323 g/mol. The minimum absolute atomic E-state index is 0.00841. The predicted octanol–water partition coefficient (Wildman–Crippen LogP) is 3.26. The van der Waals surface area contributed by atoms with Crippen LogP contribution in [0.2, 0.25) is 0 Å². The van der Waals surface area contributed by atoms with Crippen molar-refractivity contribution in [2.24, 2.45) is 5.10 Å². The van der Waals surface area contributed by atoms with Gasteiger partial charge in [-0.05, 0) is 50.2 Å². The Balaban J connectivity index is 1.87. The molecule has 1 amide bonds. The van der Waals surface area contributed by atoms with E-state index in [4.69, 9.17) is 4.74 Å². The van der Waals surface area contributed by atoms with Crippen LogP contribution >= 0.6 is 0 Å². The van der Waals surface area contributed by atoms with Crippen LogP contribution in [0.4, 0.5) is 11.4 Å². The van der Waals surface area contributed by atoms with Crippen LogP contribution in [0.15, 0.2) is 59.7 Å². The third-order valence-corrected chi connectivity index (χ3v) is 4.00. The second kappa shape index (κ2) is 7.17. The summed E-state index contributed by atoms with van der Waals surface area (Å²) in [5.74, 6) is 0.286. The van der Waals surface area contributed by atoms with E-state index in [1.165, 1.54) is 5.01 Å². The first-order chi connectivity index (χ1) is 11.7. The van der Waals surface area contributed by atoms with Crippen LogP contribution in [0.25, 0.3) is 0 Å². The molecule has 1 heterocycles. The van der Waals surface area contributed by atoms with Gasteiger partial charge >= 0.3 is 0 Å². The molecule has 2 aromatic rings. The second-order valence-corrected chi connectivity index (χ2v) is 5.45. The summed E-state index contributed by atoms with van der Waals surface area (Å²) in [7, 11) is 0. The zero-order valence-corrected chi connectivity index (χ0v) is 14.0. The maximum absolute atomic E-state index is 12.1. The molecule has 5 nitrogen and oxygen atoms in total. The van der Waals surface area contributed by atoms with Crippen LogP contribution in [-0.2, 0) is 9.53 Å². The smallest absolute Gasteiger partial charge is 0.285 e. The number of rotatable bonds is 5. The highest BCUT2D eigenvalue weighted by atomic mass is 16.5. The van der Waals surface area contributed by atoms with Gasteiger partial charge in [-0.15, -0.1) is 5.10 Å². The highest BCUT2D eigenvalue weighted by Crippen LogP contribution is 2.20. The number of hydrogen-bond acceptors (Lipinski definition) is 4. The maximum atomic E-state index is 12.1. The Morgan fingerprint density at radius 1 is 1.04 bits per heavy atom. The van der Waals surface area contributed by atoms with E-state index in [0.29, 0.717) is 5.90 Å². The first-order valence-electron chi connectivity index (χ1n) is 8.17. The van der Waals surface area contributed by atoms with Crippen molar-refractivity contribution >= 4 is 23.2 Å². The lowest BCUT2D eigenvalue weighted by Crippen LogP contribution is -2.36. The van der Waals surface area contributed by atoms with Crippen LogP contribution in [0, 0.1) is 0 Å². The van der Waals surface area contributed by atoms with Crippen molar-refractivity contribution < 1.29 is 9.53 Å². The quantitative estimate of drug-likeness (QED) is 0.848. The fraction of sp³-hybridized carbons (Fsp3) is 0.263. The molecule has 1 aliphatic rings. The van der Waals surface area contributed by atoms with E-state index in [1.807, 2.05) is 42.5 Å². The third-order valence-electron chi connectivity index (χ3n) is 4.00. The zero-order valence-electron chi connectivity index (χ0n) is 14.0. The SMILES string of the molecule is CCN(CC)c1ccc(C2=NN(c3ccccc3)C(=O)CO2)cc1. The highest BCUT2D eigenvalue weighted by Gasteiger charge is 2.23. The van der Waals surface area contributed by atoms with Crippen LogP contribution in [0.3, 0.4) is 0 Å². The van der Waals surface area contributed by atoms with Gasteiger partial charge in [-0.2, -0.15) is 5.01 Å². The van der Waals surface area contributed by atoms with E-state index in [-0.39, 0.29) is 12.5 Å². The number of anilines is 2. The lowest BCUT2D eigenvalue weighted by atomic mass is 10.2. The Morgan fingerprint density at radius 2 is 1.71 bits per heavy atom. The van der Waals surface area contributed by atoms with E-state index >= 15 is 0 Å². The average Bonchev–Trinajstić information content (AvgIpc) is 2.64. The summed E-state index contributed by atoms with van der Waals surface area (Å²) in [5, 5.41) is 5.78. The summed E-state index contributed by atoms with van der Waals surface area (Å²) in [6.45, 7) is 6.18. The van der Waals surface area contributed by atoms with Gasteiger partial charge in [-0.3, -0.25) is 4.79 Å². The summed E-state index contributed by atoms with van der Waals surface area (Å²) >= 11 is 0. The van der Waals surface area contributed by atoms with Crippen LogP contribution < -0.4 is 9.91 Å². The molecular weight excluding hydrogens is 302 g/mol. The molecule has 0 unspecified atom stereocenters. The molecule has 0 spiro atoms. The molecule has 0 saturated heterocycles. The van der Waals surface area contributed by atoms with Gasteiger partial charge in [0.25, 0.3) is 5.91 Å². The number of benzene rings is 2. The fourth-order valence-corrected chi connectivity index (χ4v) is 2.68. The Morgan fingerprint density at radius 3 is 2.33 bits per heavy atom. The summed E-state index contributed by atoms with van der Waals surface area (Å²) < 4.78 is 5.53. The van der Waals surface area contributed by atoms with Crippen molar-refractivity contribution in [3.05, 3.63) is 60.2 Å². The molecule has 0 aromatic heterocycles. The van der Waals surface area contributed by atoms with E-state index in [0.717, 1.165) is 30.0 Å². The van der Waals surface area contributed by atoms with Crippen molar-refractivity contribution in [1.82, 2.24) is 0 Å². The number of para-hydroxylation sites is 1. The molecule has 5 heteroatoms. The maximum Gasteiger partial charge on any atom is 0.285 e. The van der Waals surface area contributed by atoms with Gasteiger partial charge in [0.2, 0.25) is 5.90 Å². The van der Waals surface area contributed by atoms with Gasteiger partial charge in [0.05, 0.1) is 5.69 Å². The van der Waals surface area contributed by atoms with Crippen LogP contribution in [0.1, 0.15) is 19.4 Å². The largest absolute Gasteiger partial charge is 0.466 e. The van der Waals surface area contributed by atoms with Crippen molar-refractivity contribution in [1.29, 1.82) is 0 Å². The van der Waals surface area contributed by atoms with Gasteiger partial charge in [0, 0.05) is 24.3 Å². The van der Waals surface area contributed by atoms with Crippen LogP contribution in [0.5, 0.6) is 0 Å². The normalized spacial score (nSPS) is 14.2. The molecule has 0 aliphatic carbocycles.